The third kappa shape index (κ3) is 2.53. The first-order chi connectivity index (χ1) is 9.78. The lowest BCUT2D eigenvalue weighted by atomic mass is 10.2. The molecule has 102 valence electrons. The number of aryl methyl sites for hydroxylation is 1. The van der Waals surface area contributed by atoms with E-state index in [0.717, 1.165) is 11.4 Å². The summed E-state index contributed by atoms with van der Waals surface area (Å²) >= 11 is 1.81. The zero-order valence-electron chi connectivity index (χ0n) is 11.6. The quantitative estimate of drug-likeness (QED) is 0.793. The lowest BCUT2D eigenvalue weighted by molar-refractivity contribution is 0.667. The van der Waals surface area contributed by atoms with Gasteiger partial charge in [-0.05, 0) is 44.3 Å². The molecular weight excluding hydrogens is 266 g/mol. The number of benzene rings is 1. The molecule has 1 unspecified atom stereocenters. The normalized spacial score (nSPS) is 12.5. The standard InChI is InChI=1S/C16H17N3S/c1-12-8-9-15(20-12)16(17-2)14-10-11-19(18-14)13-6-4-3-5-7-13/h3-11,16-17H,1-2H3. The van der Waals surface area contributed by atoms with E-state index in [1.165, 1.54) is 9.75 Å². The monoisotopic (exact) mass is 283 g/mol. The molecule has 3 nitrogen and oxygen atoms in total. The van der Waals surface area contributed by atoms with Gasteiger partial charge in [-0.3, -0.25) is 0 Å². The van der Waals surface area contributed by atoms with Crippen LogP contribution in [0.2, 0.25) is 0 Å². The first kappa shape index (κ1) is 13.1. The minimum absolute atomic E-state index is 0.152. The highest BCUT2D eigenvalue weighted by Crippen LogP contribution is 2.27. The highest BCUT2D eigenvalue weighted by molar-refractivity contribution is 7.12. The molecule has 1 N–H and O–H groups in total. The van der Waals surface area contributed by atoms with Gasteiger partial charge in [0, 0.05) is 16.0 Å². The van der Waals surface area contributed by atoms with Crippen molar-refractivity contribution in [2.24, 2.45) is 0 Å². The van der Waals surface area contributed by atoms with Crippen molar-refractivity contribution < 1.29 is 0 Å². The molecule has 2 aromatic heterocycles. The summed E-state index contributed by atoms with van der Waals surface area (Å²) in [6, 6.07) is 16.7. The van der Waals surface area contributed by atoms with Crippen LogP contribution in [-0.4, -0.2) is 16.8 Å². The van der Waals surface area contributed by atoms with Gasteiger partial charge in [0.2, 0.25) is 0 Å². The SMILES string of the molecule is CNC(c1ccn(-c2ccccc2)n1)c1ccc(C)s1. The molecule has 2 heterocycles. The molecule has 4 heteroatoms. The van der Waals surface area contributed by atoms with E-state index >= 15 is 0 Å². The van der Waals surface area contributed by atoms with Crippen molar-refractivity contribution in [1.29, 1.82) is 0 Å². The molecule has 0 aliphatic carbocycles. The van der Waals surface area contributed by atoms with Crippen molar-refractivity contribution in [1.82, 2.24) is 15.1 Å². The number of aromatic nitrogens is 2. The maximum absolute atomic E-state index is 4.70. The van der Waals surface area contributed by atoms with Crippen LogP contribution in [0.4, 0.5) is 0 Å². The first-order valence-electron chi connectivity index (χ1n) is 6.62. The smallest absolute Gasteiger partial charge is 0.0861 e. The summed E-state index contributed by atoms with van der Waals surface area (Å²) in [5.41, 5.74) is 2.12. The van der Waals surface area contributed by atoms with E-state index in [-0.39, 0.29) is 6.04 Å². The van der Waals surface area contributed by atoms with E-state index in [1.807, 2.05) is 47.5 Å². The van der Waals surface area contributed by atoms with Gasteiger partial charge >= 0.3 is 0 Å². The number of thiophene rings is 1. The molecule has 0 radical (unpaired) electrons. The molecule has 0 aliphatic rings. The lowest BCUT2D eigenvalue weighted by Crippen LogP contribution is -2.17. The van der Waals surface area contributed by atoms with E-state index in [2.05, 4.69) is 42.6 Å². The molecule has 1 atom stereocenters. The average Bonchev–Trinajstić information content (AvgIpc) is 3.11. The summed E-state index contributed by atoms with van der Waals surface area (Å²) in [5.74, 6) is 0. The molecule has 0 amide bonds. The Kier molecular flexibility index (Phi) is 3.67. The van der Waals surface area contributed by atoms with Crippen LogP contribution >= 0.6 is 11.3 Å². The Labute approximate surface area is 122 Å². The van der Waals surface area contributed by atoms with Gasteiger partial charge in [-0.2, -0.15) is 5.10 Å². The van der Waals surface area contributed by atoms with Gasteiger partial charge in [-0.25, -0.2) is 4.68 Å². The Morgan fingerprint density at radius 2 is 1.90 bits per heavy atom. The first-order valence-corrected chi connectivity index (χ1v) is 7.44. The fourth-order valence-electron chi connectivity index (χ4n) is 2.26. The summed E-state index contributed by atoms with van der Waals surface area (Å²) in [5, 5.41) is 8.05. The summed E-state index contributed by atoms with van der Waals surface area (Å²) in [6.07, 6.45) is 2.01. The van der Waals surface area contributed by atoms with Crippen LogP contribution in [0.15, 0.2) is 54.7 Å². The molecule has 3 aromatic rings. The Bertz CT molecular complexity index is 685. The zero-order chi connectivity index (χ0) is 13.9. The van der Waals surface area contributed by atoms with Gasteiger partial charge < -0.3 is 5.32 Å². The fourth-order valence-corrected chi connectivity index (χ4v) is 3.26. The van der Waals surface area contributed by atoms with E-state index in [1.54, 1.807) is 0 Å². The van der Waals surface area contributed by atoms with Crippen LogP contribution in [0.25, 0.3) is 5.69 Å². The second-order valence-electron chi connectivity index (χ2n) is 4.69. The average molecular weight is 283 g/mol. The van der Waals surface area contributed by atoms with Gasteiger partial charge in [-0.1, -0.05) is 18.2 Å². The number of hydrogen-bond acceptors (Lipinski definition) is 3. The largest absolute Gasteiger partial charge is 0.307 e. The van der Waals surface area contributed by atoms with E-state index in [0.29, 0.717) is 0 Å². The number of para-hydroxylation sites is 1. The van der Waals surface area contributed by atoms with Crippen LogP contribution in [0, 0.1) is 6.92 Å². The topological polar surface area (TPSA) is 29.9 Å². The minimum atomic E-state index is 0.152. The molecule has 1 aromatic carbocycles. The number of nitrogens with zero attached hydrogens (tertiary/aromatic N) is 2. The van der Waals surface area contributed by atoms with Crippen molar-refractivity contribution in [3.63, 3.8) is 0 Å². The predicted octanol–water partition coefficient (Wildman–Crippen LogP) is 3.55. The van der Waals surface area contributed by atoms with Gasteiger partial charge in [0.25, 0.3) is 0 Å². The zero-order valence-corrected chi connectivity index (χ0v) is 12.4. The van der Waals surface area contributed by atoms with Gasteiger partial charge in [0.1, 0.15) is 0 Å². The Balaban J connectivity index is 1.92. The van der Waals surface area contributed by atoms with Crippen LogP contribution in [0.3, 0.4) is 0 Å². The van der Waals surface area contributed by atoms with Crippen molar-refractivity contribution in [2.75, 3.05) is 7.05 Å². The van der Waals surface area contributed by atoms with E-state index in [4.69, 9.17) is 5.10 Å². The van der Waals surface area contributed by atoms with Crippen LogP contribution < -0.4 is 5.32 Å². The maximum Gasteiger partial charge on any atom is 0.0861 e. The second kappa shape index (κ2) is 5.61. The minimum Gasteiger partial charge on any atom is -0.307 e. The molecule has 0 bridgehead atoms. The highest BCUT2D eigenvalue weighted by atomic mass is 32.1. The highest BCUT2D eigenvalue weighted by Gasteiger charge is 2.16. The molecule has 0 spiro atoms. The molecular formula is C16H17N3S. The van der Waals surface area contributed by atoms with Gasteiger partial charge in [-0.15, -0.1) is 11.3 Å². The van der Waals surface area contributed by atoms with E-state index in [9.17, 15) is 0 Å². The van der Waals surface area contributed by atoms with Crippen LogP contribution in [0.5, 0.6) is 0 Å². The summed E-state index contributed by atoms with van der Waals surface area (Å²) in [6.45, 7) is 2.13. The Morgan fingerprint density at radius 3 is 2.55 bits per heavy atom. The molecule has 0 saturated carbocycles. The van der Waals surface area contributed by atoms with Crippen molar-refractivity contribution >= 4 is 11.3 Å². The van der Waals surface area contributed by atoms with Crippen LogP contribution in [0.1, 0.15) is 21.5 Å². The third-order valence-electron chi connectivity index (χ3n) is 3.26. The van der Waals surface area contributed by atoms with Gasteiger partial charge in [0.05, 0.1) is 17.4 Å². The van der Waals surface area contributed by atoms with Crippen molar-refractivity contribution in [3.8, 4) is 5.69 Å². The molecule has 0 aliphatic heterocycles. The summed E-state index contributed by atoms with van der Waals surface area (Å²) < 4.78 is 1.92. The van der Waals surface area contributed by atoms with Crippen molar-refractivity contribution in [2.45, 2.75) is 13.0 Å². The fraction of sp³-hybridized carbons (Fsp3) is 0.188. The van der Waals surface area contributed by atoms with Crippen LogP contribution in [-0.2, 0) is 0 Å². The second-order valence-corrected chi connectivity index (χ2v) is 6.01. The molecule has 0 saturated heterocycles. The van der Waals surface area contributed by atoms with Gasteiger partial charge in [0.15, 0.2) is 0 Å². The molecule has 20 heavy (non-hydrogen) atoms. The third-order valence-corrected chi connectivity index (χ3v) is 4.33. The summed E-state index contributed by atoms with van der Waals surface area (Å²) in [4.78, 5) is 2.62. The Morgan fingerprint density at radius 1 is 1.10 bits per heavy atom. The number of nitrogens with one attached hydrogen (secondary N) is 1. The van der Waals surface area contributed by atoms with E-state index < -0.39 is 0 Å². The lowest BCUT2D eigenvalue weighted by Gasteiger charge is -2.11. The summed E-state index contributed by atoms with van der Waals surface area (Å²) in [7, 11) is 1.97. The van der Waals surface area contributed by atoms with Crippen molar-refractivity contribution in [3.05, 3.63) is 70.2 Å². The molecule has 3 rings (SSSR count). The molecule has 0 fully saturated rings. The number of rotatable bonds is 4. The predicted molar refractivity (Wildman–Crippen MR) is 83.5 cm³/mol. The Hall–Kier alpha value is -1.91. The maximum atomic E-state index is 4.70. The number of hydrogen-bond donors (Lipinski definition) is 1.